The summed E-state index contributed by atoms with van der Waals surface area (Å²) in [7, 11) is 1.55. The van der Waals surface area contributed by atoms with Crippen molar-refractivity contribution in [3.05, 3.63) is 59.4 Å². The van der Waals surface area contributed by atoms with Gasteiger partial charge in [-0.05, 0) is 36.7 Å². The Morgan fingerprint density at radius 1 is 1.21 bits per heavy atom. The molecule has 5 nitrogen and oxygen atoms in total. The number of hydrogen-bond acceptors (Lipinski definition) is 5. The molecule has 0 aliphatic carbocycles. The van der Waals surface area contributed by atoms with Gasteiger partial charge in [-0.15, -0.1) is 0 Å². The second-order valence-electron chi connectivity index (χ2n) is 7.99. The molecule has 0 aromatic heterocycles. The first-order valence-corrected chi connectivity index (χ1v) is 11.1. The zero-order valence-corrected chi connectivity index (χ0v) is 18.4. The van der Waals surface area contributed by atoms with Gasteiger partial charge in [-0.25, -0.2) is 26.7 Å². The normalized spacial score (nSPS) is 24.1. The zero-order valence-electron chi connectivity index (χ0n) is 17.6. The molecule has 178 valence electrons. The molecule has 2 aliphatic rings. The lowest BCUT2D eigenvalue weighted by molar-refractivity contribution is -0.158. The lowest BCUT2D eigenvalue weighted by Gasteiger charge is -2.34. The quantitative estimate of drug-likeness (QED) is 0.461. The first-order valence-electron chi connectivity index (χ1n) is 10.3. The molecule has 3 atom stereocenters. The van der Waals surface area contributed by atoms with Crippen molar-refractivity contribution < 1.29 is 31.5 Å². The Morgan fingerprint density at radius 2 is 1.91 bits per heavy atom. The molecule has 2 aliphatic heterocycles. The van der Waals surface area contributed by atoms with Gasteiger partial charge in [0.1, 0.15) is 29.6 Å². The van der Waals surface area contributed by atoms with E-state index in [1.807, 2.05) is 0 Å². The Labute approximate surface area is 191 Å². The maximum Gasteiger partial charge on any atom is 0.283 e. The molecule has 0 radical (unpaired) electrons. The van der Waals surface area contributed by atoms with Gasteiger partial charge < -0.3 is 9.64 Å². The minimum Gasteiger partial charge on any atom is -0.368 e. The molecule has 2 aromatic carbocycles. The number of carbonyl (C=O) groups excluding carboxylic acids is 1. The lowest BCUT2D eigenvalue weighted by atomic mass is 9.95. The van der Waals surface area contributed by atoms with Crippen molar-refractivity contribution in [2.24, 2.45) is 0 Å². The van der Waals surface area contributed by atoms with Crippen LogP contribution in [-0.4, -0.2) is 55.1 Å². The van der Waals surface area contributed by atoms with Crippen molar-refractivity contribution in [1.29, 1.82) is 0 Å². The highest BCUT2D eigenvalue weighted by atomic mass is 32.2. The Balaban J connectivity index is 1.68. The number of likely N-dealkylation sites (tertiary alicyclic amines) is 1. The van der Waals surface area contributed by atoms with Crippen molar-refractivity contribution in [3.8, 4) is 11.1 Å². The van der Waals surface area contributed by atoms with Crippen molar-refractivity contribution >= 4 is 18.0 Å². The number of amides is 1. The Hall–Kier alpha value is -2.21. The Bertz CT molecular complexity index is 1020. The summed E-state index contributed by atoms with van der Waals surface area (Å²) in [6, 6.07) is 4.37. The van der Waals surface area contributed by atoms with Crippen molar-refractivity contribution in [2.45, 2.75) is 37.0 Å². The lowest BCUT2D eigenvalue weighted by Crippen LogP contribution is -2.52. The van der Waals surface area contributed by atoms with Crippen molar-refractivity contribution in [3.63, 3.8) is 0 Å². The second kappa shape index (κ2) is 9.57. The van der Waals surface area contributed by atoms with Crippen LogP contribution >= 0.6 is 12.1 Å². The third-order valence-corrected chi connectivity index (χ3v) is 6.42. The first kappa shape index (κ1) is 23.9. The molecular formula is C22H22F5N3O2S. The van der Waals surface area contributed by atoms with Gasteiger partial charge in [0.05, 0.1) is 19.2 Å². The highest BCUT2D eigenvalue weighted by molar-refractivity contribution is 7.95. The van der Waals surface area contributed by atoms with E-state index in [-0.39, 0.29) is 23.1 Å². The van der Waals surface area contributed by atoms with E-state index in [1.54, 1.807) is 7.05 Å². The molecule has 0 unspecified atom stereocenters. The maximum absolute atomic E-state index is 15.4. The number of rotatable bonds is 7. The number of halogens is 5. The predicted octanol–water partition coefficient (Wildman–Crippen LogP) is 3.69. The largest absolute Gasteiger partial charge is 0.368 e. The maximum atomic E-state index is 15.4. The van der Waals surface area contributed by atoms with E-state index in [4.69, 9.17) is 4.74 Å². The molecule has 0 spiro atoms. The van der Waals surface area contributed by atoms with Gasteiger partial charge in [0.15, 0.2) is 0 Å². The summed E-state index contributed by atoms with van der Waals surface area (Å²) >= 11 is 0.845. The van der Waals surface area contributed by atoms with E-state index in [9.17, 15) is 22.4 Å². The van der Waals surface area contributed by atoms with Crippen molar-refractivity contribution in [2.75, 3.05) is 20.2 Å². The van der Waals surface area contributed by atoms with Gasteiger partial charge in [0, 0.05) is 30.2 Å². The molecule has 2 heterocycles. The van der Waals surface area contributed by atoms with E-state index in [0.717, 1.165) is 29.2 Å². The minimum absolute atomic E-state index is 0.0141. The standard InChI is InChI=1S/C22H22F5N3O2S/c1-28-33-29-20-17(30(11-22(20,26)27)21(31)18-5-6-32-18)9-12-3-2-4-16(19(12)25)13-7-14(23)10-15(24)8-13/h2-4,7-8,10,17-18,20,28-29H,5-6,9,11H2,1H3/t17-,18+,20+/m0/s1. The van der Waals surface area contributed by atoms with Gasteiger partial charge in [0.25, 0.3) is 11.8 Å². The third kappa shape index (κ3) is 4.86. The summed E-state index contributed by atoms with van der Waals surface area (Å²) in [5.41, 5.74) is -0.0294. The summed E-state index contributed by atoms with van der Waals surface area (Å²) in [5.74, 6) is -6.35. The molecule has 0 bridgehead atoms. The molecule has 4 rings (SSSR count). The van der Waals surface area contributed by atoms with Crippen LogP contribution in [0.1, 0.15) is 12.0 Å². The first-order chi connectivity index (χ1) is 15.7. The van der Waals surface area contributed by atoms with E-state index in [1.165, 1.54) is 18.2 Å². The number of ether oxygens (including phenoxy) is 1. The monoisotopic (exact) mass is 487 g/mol. The molecule has 2 saturated heterocycles. The van der Waals surface area contributed by atoms with Gasteiger partial charge in [-0.1, -0.05) is 18.2 Å². The van der Waals surface area contributed by atoms with Crippen LogP contribution in [0.15, 0.2) is 36.4 Å². The fourth-order valence-corrected chi connectivity index (χ4v) is 4.75. The highest BCUT2D eigenvalue weighted by Crippen LogP contribution is 2.37. The van der Waals surface area contributed by atoms with Crippen LogP contribution in [0.25, 0.3) is 11.1 Å². The molecule has 2 N–H and O–H groups in total. The van der Waals surface area contributed by atoms with Gasteiger partial charge in [-0.2, -0.15) is 0 Å². The smallest absolute Gasteiger partial charge is 0.283 e. The van der Waals surface area contributed by atoms with Crippen LogP contribution in [0.5, 0.6) is 0 Å². The number of hydrogen-bond donors (Lipinski definition) is 2. The Kier molecular flexibility index (Phi) is 6.94. The zero-order chi connectivity index (χ0) is 23.8. The van der Waals surface area contributed by atoms with Crippen LogP contribution in [0.4, 0.5) is 22.0 Å². The molecule has 2 fully saturated rings. The molecule has 2 aromatic rings. The van der Waals surface area contributed by atoms with Gasteiger partial charge in [0.2, 0.25) is 0 Å². The number of nitrogens with zero attached hydrogens (tertiary/aromatic N) is 1. The summed E-state index contributed by atoms with van der Waals surface area (Å²) in [4.78, 5) is 13.9. The number of alkyl halides is 2. The average Bonchev–Trinajstić information content (AvgIpc) is 2.95. The van der Waals surface area contributed by atoms with E-state index in [2.05, 4.69) is 9.44 Å². The number of nitrogens with one attached hydrogen (secondary N) is 2. The fourth-order valence-electron chi connectivity index (χ4n) is 4.17. The van der Waals surface area contributed by atoms with Crippen LogP contribution in [0.3, 0.4) is 0 Å². The summed E-state index contributed by atoms with van der Waals surface area (Å²) < 4.78 is 83.0. The van der Waals surface area contributed by atoms with Crippen LogP contribution in [0, 0.1) is 17.5 Å². The minimum atomic E-state index is -3.27. The van der Waals surface area contributed by atoms with E-state index >= 15 is 4.39 Å². The summed E-state index contributed by atoms with van der Waals surface area (Å²) in [6.07, 6.45) is -0.579. The van der Waals surface area contributed by atoms with Crippen LogP contribution in [0.2, 0.25) is 0 Å². The van der Waals surface area contributed by atoms with Crippen molar-refractivity contribution in [1.82, 2.24) is 14.3 Å². The summed E-state index contributed by atoms with van der Waals surface area (Å²) in [5, 5.41) is 0. The molecular weight excluding hydrogens is 465 g/mol. The molecule has 0 saturated carbocycles. The molecule has 33 heavy (non-hydrogen) atoms. The van der Waals surface area contributed by atoms with E-state index < -0.39 is 54.0 Å². The van der Waals surface area contributed by atoms with E-state index in [0.29, 0.717) is 19.1 Å². The number of benzene rings is 2. The second-order valence-corrected chi connectivity index (χ2v) is 8.83. The SMILES string of the molecule is CNSN[C@@H]1[C@H](Cc2cccc(-c3cc(F)cc(F)c3)c2F)N(C(=O)[C@H]2CCO2)CC1(F)F. The molecule has 11 heteroatoms. The topological polar surface area (TPSA) is 53.6 Å². The Morgan fingerprint density at radius 3 is 2.52 bits per heavy atom. The third-order valence-electron chi connectivity index (χ3n) is 5.85. The summed E-state index contributed by atoms with van der Waals surface area (Å²) in [6.45, 7) is -0.446. The van der Waals surface area contributed by atoms with Crippen LogP contribution < -0.4 is 9.44 Å². The fraction of sp³-hybridized carbons (Fsp3) is 0.409. The van der Waals surface area contributed by atoms with Gasteiger partial charge >= 0.3 is 0 Å². The average molecular weight is 487 g/mol. The predicted molar refractivity (Wildman–Crippen MR) is 114 cm³/mol. The van der Waals surface area contributed by atoms with Gasteiger partial charge in [-0.3, -0.25) is 9.52 Å². The van der Waals surface area contributed by atoms with Crippen LogP contribution in [-0.2, 0) is 16.0 Å². The number of carbonyl (C=O) groups is 1. The molecule has 1 amide bonds. The highest BCUT2D eigenvalue weighted by Gasteiger charge is 2.57.